The van der Waals surface area contributed by atoms with Gasteiger partial charge in [-0.25, -0.2) is 9.97 Å². The third-order valence-electron chi connectivity index (χ3n) is 4.33. The molecule has 1 N–H and O–H groups in total. The van der Waals surface area contributed by atoms with Gasteiger partial charge in [-0.2, -0.15) is 16.4 Å². The highest BCUT2D eigenvalue weighted by molar-refractivity contribution is 7.08. The first kappa shape index (κ1) is 16.2. The average molecular weight is 392 g/mol. The van der Waals surface area contributed by atoms with Gasteiger partial charge in [-0.1, -0.05) is 23.7 Å². The number of H-pyrrole nitrogens is 1. The van der Waals surface area contributed by atoms with Crippen molar-refractivity contribution in [3.63, 3.8) is 0 Å². The zero-order valence-corrected chi connectivity index (χ0v) is 15.7. The van der Waals surface area contributed by atoms with Crippen molar-refractivity contribution in [2.75, 3.05) is 0 Å². The lowest BCUT2D eigenvalue weighted by Gasteiger charge is -2.05. The Morgan fingerprint density at radius 2 is 1.81 bits per heavy atom. The summed E-state index contributed by atoms with van der Waals surface area (Å²) < 4.78 is 2.08. The van der Waals surface area contributed by atoms with Gasteiger partial charge in [-0.05, 0) is 35.7 Å². The summed E-state index contributed by atoms with van der Waals surface area (Å²) in [4.78, 5) is 9.26. The molecule has 5 nitrogen and oxygen atoms in total. The summed E-state index contributed by atoms with van der Waals surface area (Å²) in [5.41, 5.74) is 5.79. The van der Waals surface area contributed by atoms with Gasteiger partial charge in [0.25, 0.3) is 0 Å². The minimum Gasteiger partial charge on any atom is -0.346 e. The molecule has 0 fully saturated rings. The molecular formula is C20H14ClN5S. The maximum Gasteiger partial charge on any atom is 0.161 e. The van der Waals surface area contributed by atoms with Gasteiger partial charge in [-0.15, -0.1) is 0 Å². The Balaban J connectivity index is 1.40. The third kappa shape index (κ3) is 3.25. The van der Waals surface area contributed by atoms with Crippen LogP contribution in [0.2, 0.25) is 5.02 Å². The Morgan fingerprint density at radius 1 is 0.963 bits per heavy atom. The van der Waals surface area contributed by atoms with Crippen molar-refractivity contribution < 1.29 is 0 Å². The van der Waals surface area contributed by atoms with Crippen LogP contribution in [-0.4, -0.2) is 24.7 Å². The fourth-order valence-corrected chi connectivity index (χ4v) is 3.74. The lowest BCUT2D eigenvalue weighted by molar-refractivity contribution is 0.761. The summed E-state index contributed by atoms with van der Waals surface area (Å²) in [6.07, 6.45) is 4.03. The molecule has 1 aromatic carbocycles. The second kappa shape index (κ2) is 6.64. The quantitative estimate of drug-likeness (QED) is 0.458. The molecule has 0 aliphatic carbocycles. The number of fused-ring (bicyclic) bond motifs is 1. The van der Waals surface area contributed by atoms with E-state index in [0.29, 0.717) is 6.54 Å². The predicted molar refractivity (Wildman–Crippen MR) is 108 cm³/mol. The molecule has 4 heterocycles. The van der Waals surface area contributed by atoms with Crippen LogP contribution in [0, 0.1) is 0 Å². The van der Waals surface area contributed by atoms with E-state index in [4.69, 9.17) is 11.6 Å². The molecule has 0 amide bonds. The highest BCUT2D eigenvalue weighted by atomic mass is 35.5. The largest absolute Gasteiger partial charge is 0.346 e. The number of aromatic nitrogens is 5. The van der Waals surface area contributed by atoms with Gasteiger partial charge in [0.15, 0.2) is 5.82 Å². The Labute approximate surface area is 164 Å². The molecule has 0 saturated heterocycles. The summed E-state index contributed by atoms with van der Waals surface area (Å²) in [5.74, 6) is 0.774. The van der Waals surface area contributed by atoms with Crippen LogP contribution in [0.3, 0.4) is 0 Å². The molecule has 3 aromatic rings. The van der Waals surface area contributed by atoms with Gasteiger partial charge in [0.1, 0.15) is 5.69 Å². The molecule has 0 unspecified atom stereocenters. The topological polar surface area (TPSA) is 59.4 Å². The zero-order valence-electron chi connectivity index (χ0n) is 14.1. The van der Waals surface area contributed by atoms with Crippen LogP contribution in [0.25, 0.3) is 34.0 Å². The Kier molecular flexibility index (Phi) is 3.99. The van der Waals surface area contributed by atoms with Crippen molar-refractivity contribution in [2.45, 2.75) is 6.54 Å². The standard InChI is InChI=1S/C20H14ClN5S/c21-15-3-1-13(2-4-15)18-9-16(24-25-18)10-26-7-5-17-19(11-26)23-20(22-17)14-6-8-27-12-14/h1-9,11-12H,10H2,(H,24,25). The van der Waals surface area contributed by atoms with E-state index >= 15 is 0 Å². The molecule has 0 radical (unpaired) electrons. The van der Waals surface area contributed by atoms with Gasteiger partial charge in [0.05, 0.1) is 23.6 Å². The van der Waals surface area contributed by atoms with Gasteiger partial charge < -0.3 is 4.57 Å². The molecule has 0 bridgehead atoms. The molecule has 0 atom stereocenters. The van der Waals surface area contributed by atoms with Crippen LogP contribution in [0.1, 0.15) is 5.69 Å². The summed E-state index contributed by atoms with van der Waals surface area (Å²) in [7, 11) is 0. The summed E-state index contributed by atoms with van der Waals surface area (Å²) >= 11 is 7.60. The Morgan fingerprint density at radius 3 is 2.63 bits per heavy atom. The lowest BCUT2D eigenvalue weighted by Crippen LogP contribution is -2.01. The number of halogens is 1. The molecule has 27 heavy (non-hydrogen) atoms. The number of aromatic amines is 1. The summed E-state index contributed by atoms with van der Waals surface area (Å²) in [5, 5.41) is 12.3. The number of pyridine rings is 1. The maximum absolute atomic E-state index is 5.95. The van der Waals surface area contributed by atoms with Crippen molar-refractivity contribution in [3.05, 3.63) is 76.3 Å². The van der Waals surface area contributed by atoms with E-state index in [9.17, 15) is 0 Å². The SMILES string of the molecule is Clc1ccc(-c2cc(Cn3ccc4nc(-c5ccsc5)nc-4c3)[nH]n2)cc1. The van der Waals surface area contributed by atoms with Crippen LogP contribution in [-0.2, 0) is 6.54 Å². The predicted octanol–water partition coefficient (Wildman–Crippen LogP) is 5.20. The number of hydrogen-bond donors (Lipinski definition) is 1. The highest BCUT2D eigenvalue weighted by Crippen LogP contribution is 2.26. The number of thiophene rings is 1. The third-order valence-corrected chi connectivity index (χ3v) is 5.27. The molecule has 2 aliphatic rings. The van der Waals surface area contributed by atoms with Crippen LogP contribution < -0.4 is 0 Å². The fourth-order valence-electron chi connectivity index (χ4n) is 2.98. The van der Waals surface area contributed by atoms with Crippen LogP contribution >= 0.6 is 22.9 Å². The van der Waals surface area contributed by atoms with Gasteiger partial charge in [0.2, 0.25) is 0 Å². The second-order valence-electron chi connectivity index (χ2n) is 6.23. The molecule has 0 spiro atoms. The van der Waals surface area contributed by atoms with Crippen molar-refractivity contribution in [1.29, 1.82) is 0 Å². The number of hydrogen-bond acceptors (Lipinski definition) is 4. The monoisotopic (exact) mass is 391 g/mol. The molecule has 2 aliphatic heterocycles. The zero-order chi connectivity index (χ0) is 18.2. The van der Waals surface area contributed by atoms with E-state index in [2.05, 4.69) is 30.1 Å². The van der Waals surface area contributed by atoms with Crippen LogP contribution in [0.5, 0.6) is 0 Å². The first-order valence-corrected chi connectivity index (χ1v) is 9.73. The van der Waals surface area contributed by atoms with E-state index in [-0.39, 0.29) is 0 Å². The first-order valence-electron chi connectivity index (χ1n) is 8.41. The van der Waals surface area contributed by atoms with Crippen molar-refractivity contribution in [3.8, 4) is 34.0 Å². The fraction of sp³-hybridized carbons (Fsp3) is 0.0500. The number of nitrogens with zero attached hydrogens (tertiary/aromatic N) is 4. The van der Waals surface area contributed by atoms with Gasteiger partial charge in [0, 0.05) is 33.9 Å². The lowest BCUT2D eigenvalue weighted by atomic mass is 10.1. The van der Waals surface area contributed by atoms with Crippen molar-refractivity contribution in [2.24, 2.45) is 0 Å². The Bertz CT molecular complexity index is 1160. The smallest absolute Gasteiger partial charge is 0.161 e. The number of imidazole rings is 1. The molecule has 5 rings (SSSR count). The van der Waals surface area contributed by atoms with Crippen molar-refractivity contribution in [1.82, 2.24) is 24.7 Å². The second-order valence-corrected chi connectivity index (χ2v) is 7.45. The minimum absolute atomic E-state index is 0.678. The number of nitrogens with one attached hydrogen (secondary N) is 1. The summed E-state index contributed by atoms with van der Waals surface area (Å²) in [6, 6.07) is 13.7. The van der Waals surface area contributed by atoms with Crippen molar-refractivity contribution >= 4 is 22.9 Å². The molecule has 0 saturated carbocycles. The molecular weight excluding hydrogens is 378 g/mol. The van der Waals surface area contributed by atoms with E-state index in [1.54, 1.807) is 11.3 Å². The van der Waals surface area contributed by atoms with E-state index in [1.165, 1.54) is 0 Å². The summed E-state index contributed by atoms with van der Waals surface area (Å²) in [6.45, 7) is 0.678. The number of benzene rings is 1. The average Bonchev–Trinajstić information content (AvgIpc) is 3.42. The highest BCUT2D eigenvalue weighted by Gasteiger charge is 2.13. The van der Waals surface area contributed by atoms with E-state index in [0.717, 1.165) is 44.7 Å². The normalized spacial score (nSPS) is 11.3. The minimum atomic E-state index is 0.678. The van der Waals surface area contributed by atoms with Gasteiger partial charge in [-0.3, -0.25) is 5.10 Å². The van der Waals surface area contributed by atoms with E-state index < -0.39 is 0 Å². The van der Waals surface area contributed by atoms with Gasteiger partial charge >= 0.3 is 0 Å². The van der Waals surface area contributed by atoms with Crippen LogP contribution in [0.4, 0.5) is 0 Å². The molecule has 132 valence electrons. The number of rotatable bonds is 4. The molecule has 7 heteroatoms. The maximum atomic E-state index is 5.95. The van der Waals surface area contributed by atoms with Crippen LogP contribution in [0.15, 0.2) is 65.6 Å². The Hall–Kier alpha value is -2.96. The first-order chi connectivity index (χ1) is 13.2. The van der Waals surface area contributed by atoms with E-state index in [1.807, 2.05) is 60.2 Å². The molecule has 2 aromatic heterocycles.